The van der Waals surface area contributed by atoms with Gasteiger partial charge in [0.2, 0.25) is 0 Å². The molecule has 7 heteroatoms. The van der Waals surface area contributed by atoms with Gasteiger partial charge in [0.15, 0.2) is 6.61 Å². The average Bonchev–Trinajstić information content (AvgIpc) is 2.76. The molecule has 1 amide bonds. The largest absolute Gasteiger partial charge is 0.484 e. The normalized spacial score (nSPS) is 10.7. The van der Waals surface area contributed by atoms with Gasteiger partial charge in [0.25, 0.3) is 5.91 Å². The number of hydrogen-bond donors (Lipinski definition) is 1. The van der Waals surface area contributed by atoms with Crippen LogP contribution in [0.15, 0.2) is 71.8 Å². The summed E-state index contributed by atoms with van der Waals surface area (Å²) in [6.07, 6.45) is 1.50. The maximum Gasteiger partial charge on any atom is 0.344 e. The number of rotatable bonds is 7. The molecular formula is C24H21IN2O4. The number of hydrazone groups is 1. The zero-order valence-corrected chi connectivity index (χ0v) is 19.3. The highest BCUT2D eigenvalue weighted by molar-refractivity contribution is 14.1. The predicted octanol–water partition coefficient (Wildman–Crippen LogP) is 4.66. The second-order valence-electron chi connectivity index (χ2n) is 6.77. The van der Waals surface area contributed by atoms with Crippen LogP contribution in [0.3, 0.4) is 0 Å². The molecule has 1 N–H and O–H groups in total. The lowest BCUT2D eigenvalue weighted by Crippen LogP contribution is -2.24. The number of aryl methyl sites for hydroxylation is 2. The lowest BCUT2D eigenvalue weighted by molar-refractivity contribution is -0.123. The Morgan fingerprint density at radius 2 is 1.68 bits per heavy atom. The first-order valence-electron chi connectivity index (χ1n) is 9.51. The molecule has 0 atom stereocenters. The third kappa shape index (κ3) is 6.65. The zero-order chi connectivity index (χ0) is 22.2. The van der Waals surface area contributed by atoms with Crippen molar-refractivity contribution < 1.29 is 19.1 Å². The minimum absolute atomic E-state index is 0.132. The highest BCUT2D eigenvalue weighted by atomic mass is 127. The van der Waals surface area contributed by atoms with E-state index in [1.165, 1.54) is 6.21 Å². The molecule has 0 bridgehead atoms. The Bertz CT molecular complexity index is 1110. The Hall–Kier alpha value is -3.20. The van der Waals surface area contributed by atoms with E-state index >= 15 is 0 Å². The Morgan fingerprint density at radius 1 is 0.968 bits per heavy atom. The van der Waals surface area contributed by atoms with E-state index in [1.807, 2.05) is 44.2 Å². The first-order valence-corrected chi connectivity index (χ1v) is 10.6. The lowest BCUT2D eigenvalue weighted by Gasteiger charge is -2.07. The van der Waals surface area contributed by atoms with Crippen LogP contribution in [-0.2, 0) is 4.79 Å². The fraction of sp³-hybridized carbons (Fsp3) is 0.125. The summed E-state index contributed by atoms with van der Waals surface area (Å²) in [5.74, 6) is 0.283. The van der Waals surface area contributed by atoms with Crippen molar-refractivity contribution in [2.24, 2.45) is 5.10 Å². The number of carbonyl (C=O) groups excluding carboxylic acids is 2. The van der Waals surface area contributed by atoms with Crippen molar-refractivity contribution in [2.45, 2.75) is 13.8 Å². The summed E-state index contributed by atoms with van der Waals surface area (Å²) in [6, 6.07) is 19.7. The molecule has 0 saturated heterocycles. The molecule has 158 valence electrons. The van der Waals surface area contributed by atoms with Gasteiger partial charge in [-0.3, -0.25) is 4.79 Å². The van der Waals surface area contributed by atoms with Gasteiger partial charge >= 0.3 is 5.97 Å². The number of amides is 1. The molecule has 0 aliphatic heterocycles. The predicted molar refractivity (Wildman–Crippen MR) is 128 cm³/mol. The van der Waals surface area contributed by atoms with Crippen molar-refractivity contribution in [1.82, 2.24) is 5.43 Å². The number of halogens is 1. The third-order valence-electron chi connectivity index (χ3n) is 4.44. The zero-order valence-electron chi connectivity index (χ0n) is 17.1. The highest BCUT2D eigenvalue weighted by Gasteiger charge is 2.11. The van der Waals surface area contributed by atoms with E-state index in [0.29, 0.717) is 17.1 Å². The number of nitrogens with zero attached hydrogens (tertiary/aromatic N) is 1. The summed E-state index contributed by atoms with van der Waals surface area (Å²) in [5.41, 5.74) is 5.94. The van der Waals surface area contributed by atoms with Gasteiger partial charge in [0.1, 0.15) is 11.5 Å². The standard InChI is InChI=1S/C24H21IN2O4/c1-16-7-10-20(13-17(16)2)30-15-23(28)27-26-14-18-8-11-19(12-9-18)31-24(29)21-5-3-4-6-22(21)25/h3-14H,15H2,1-2H3,(H,27,28)/b26-14-. The highest BCUT2D eigenvalue weighted by Crippen LogP contribution is 2.17. The molecule has 0 aliphatic rings. The van der Waals surface area contributed by atoms with Crippen molar-refractivity contribution >= 4 is 40.7 Å². The van der Waals surface area contributed by atoms with Crippen LogP contribution in [0.4, 0.5) is 0 Å². The van der Waals surface area contributed by atoms with E-state index in [4.69, 9.17) is 9.47 Å². The fourth-order valence-corrected chi connectivity index (χ4v) is 3.18. The molecule has 3 aromatic carbocycles. The average molecular weight is 528 g/mol. The third-order valence-corrected chi connectivity index (χ3v) is 5.38. The SMILES string of the molecule is Cc1ccc(OCC(=O)N/N=C\c2ccc(OC(=O)c3ccccc3I)cc2)cc1C. The van der Waals surface area contributed by atoms with Crippen molar-refractivity contribution in [3.63, 3.8) is 0 Å². The van der Waals surface area contributed by atoms with Gasteiger partial charge in [-0.2, -0.15) is 5.10 Å². The van der Waals surface area contributed by atoms with Crippen LogP contribution in [-0.4, -0.2) is 24.7 Å². The van der Waals surface area contributed by atoms with Crippen LogP contribution in [0, 0.1) is 17.4 Å². The minimum Gasteiger partial charge on any atom is -0.484 e. The number of esters is 1. The quantitative estimate of drug-likeness (QED) is 0.159. The molecule has 0 heterocycles. The summed E-state index contributed by atoms with van der Waals surface area (Å²) in [6.45, 7) is 3.87. The van der Waals surface area contributed by atoms with Crippen LogP contribution in [0.2, 0.25) is 0 Å². The molecule has 0 radical (unpaired) electrons. The number of carbonyl (C=O) groups is 2. The van der Waals surface area contributed by atoms with E-state index in [0.717, 1.165) is 20.3 Å². The van der Waals surface area contributed by atoms with Gasteiger partial charge < -0.3 is 9.47 Å². The molecule has 0 saturated carbocycles. The fourth-order valence-electron chi connectivity index (χ4n) is 2.57. The van der Waals surface area contributed by atoms with E-state index in [-0.39, 0.29) is 12.5 Å². The number of nitrogens with one attached hydrogen (secondary N) is 1. The lowest BCUT2D eigenvalue weighted by atomic mass is 10.1. The van der Waals surface area contributed by atoms with Gasteiger partial charge in [0.05, 0.1) is 11.8 Å². The molecule has 3 aromatic rings. The molecule has 0 aromatic heterocycles. The summed E-state index contributed by atoms with van der Waals surface area (Å²) < 4.78 is 11.7. The van der Waals surface area contributed by atoms with Gasteiger partial charge in [-0.05, 0) is 102 Å². The second kappa shape index (κ2) is 10.7. The molecule has 0 spiro atoms. The van der Waals surface area contributed by atoms with Crippen LogP contribution in [0.25, 0.3) is 0 Å². The Kier molecular flexibility index (Phi) is 7.77. The van der Waals surface area contributed by atoms with Gasteiger partial charge in [-0.15, -0.1) is 0 Å². The summed E-state index contributed by atoms with van der Waals surface area (Å²) in [5, 5.41) is 3.92. The molecule has 0 unspecified atom stereocenters. The Balaban J connectivity index is 1.47. The van der Waals surface area contributed by atoms with Crippen molar-refractivity contribution in [3.8, 4) is 11.5 Å². The van der Waals surface area contributed by atoms with Crippen molar-refractivity contribution in [3.05, 3.63) is 92.6 Å². The molecule has 31 heavy (non-hydrogen) atoms. The second-order valence-corrected chi connectivity index (χ2v) is 7.93. The maximum absolute atomic E-state index is 12.3. The Morgan fingerprint density at radius 3 is 2.39 bits per heavy atom. The van der Waals surface area contributed by atoms with E-state index in [2.05, 4.69) is 33.1 Å². The first-order chi connectivity index (χ1) is 14.9. The smallest absolute Gasteiger partial charge is 0.344 e. The summed E-state index contributed by atoms with van der Waals surface area (Å²) in [7, 11) is 0. The van der Waals surface area contributed by atoms with Crippen molar-refractivity contribution in [2.75, 3.05) is 6.61 Å². The van der Waals surface area contributed by atoms with E-state index in [9.17, 15) is 9.59 Å². The van der Waals surface area contributed by atoms with Crippen LogP contribution >= 0.6 is 22.6 Å². The topological polar surface area (TPSA) is 77.0 Å². The van der Waals surface area contributed by atoms with Gasteiger partial charge in [0, 0.05) is 3.57 Å². The molecule has 0 aliphatic carbocycles. The maximum atomic E-state index is 12.3. The van der Waals surface area contributed by atoms with Gasteiger partial charge in [-0.25, -0.2) is 10.2 Å². The number of benzene rings is 3. The van der Waals surface area contributed by atoms with E-state index < -0.39 is 5.97 Å². The molecule has 3 rings (SSSR count). The number of hydrogen-bond acceptors (Lipinski definition) is 5. The molecule has 6 nitrogen and oxygen atoms in total. The van der Waals surface area contributed by atoms with Crippen molar-refractivity contribution in [1.29, 1.82) is 0 Å². The van der Waals surface area contributed by atoms with Gasteiger partial charge in [-0.1, -0.05) is 18.2 Å². The number of ether oxygens (including phenoxy) is 2. The molecule has 0 fully saturated rings. The summed E-state index contributed by atoms with van der Waals surface area (Å²) >= 11 is 2.09. The van der Waals surface area contributed by atoms with Crippen LogP contribution < -0.4 is 14.9 Å². The summed E-state index contributed by atoms with van der Waals surface area (Å²) in [4.78, 5) is 24.1. The van der Waals surface area contributed by atoms with Crippen LogP contribution in [0.5, 0.6) is 11.5 Å². The Labute approximate surface area is 194 Å². The van der Waals surface area contributed by atoms with E-state index in [1.54, 1.807) is 36.4 Å². The monoisotopic (exact) mass is 528 g/mol. The molecular weight excluding hydrogens is 507 g/mol. The van der Waals surface area contributed by atoms with Crippen LogP contribution in [0.1, 0.15) is 27.0 Å². The minimum atomic E-state index is -0.414. The first kappa shape index (κ1) is 22.5.